The van der Waals surface area contributed by atoms with Gasteiger partial charge in [-0.15, -0.1) is 7.05 Å². The van der Waals surface area contributed by atoms with Crippen molar-refractivity contribution in [3.05, 3.63) is 25.5 Å². The van der Waals surface area contributed by atoms with Gasteiger partial charge in [-0.1, -0.05) is 0 Å². The maximum atomic E-state index is 4.12. The molecule has 3 nitrogen and oxygen atoms in total. The topological polar surface area (TPSA) is 29.7 Å². The summed E-state index contributed by atoms with van der Waals surface area (Å²) < 4.78 is 0. The van der Waals surface area contributed by atoms with Crippen LogP contribution >= 0.6 is 0 Å². The fraction of sp³-hybridized carbons (Fsp3) is 0. The first kappa shape index (κ1) is 5.56. The maximum absolute atomic E-state index is 4.12. The summed E-state index contributed by atoms with van der Waals surface area (Å²) in [4.78, 5) is 9.03. The first-order valence-electron chi connectivity index (χ1n) is 3.05. The Hall–Kier alpha value is -1.22. The standard InChI is InChI=1S/C7H7N3/c1-10-5-9-6-2-3-8-4-7(6)10/h2-5,10H,1H2. The highest BCUT2D eigenvalue weighted by atomic mass is 15.2. The van der Waals surface area contributed by atoms with Crippen LogP contribution in [0.5, 0.6) is 0 Å². The summed E-state index contributed by atoms with van der Waals surface area (Å²) in [6.07, 6.45) is 5.27. The van der Waals surface area contributed by atoms with Crippen molar-refractivity contribution in [2.75, 3.05) is 0 Å². The molecule has 10 heavy (non-hydrogen) atoms. The number of aliphatic imine (C=N–C) groups is 1. The van der Waals surface area contributed by atoms with Crippen LogP contribution in [-0.4, -0.2) is 11.3 Å². The van der Waals surface area contributed by atoms with Crippen molar-refractivity contribution in [1.29, 1.82) is 0 Å². The molecule has 0 amide bonds. The average molecular weight is 133 g/mol. The van der Waals surface area contributed by atoms with E-state index in [4.69, 9.17) is 0 Å². The molecule has 1 aromatic heterocycles. The van der Waals surface area contributed by atoms with E-state index in [0.29, 0.717) is 0 Å². The second-order valence-corrected chi connectivity index (χ2v) is 2.18. The number of hydrogen-bond acceptors (Lipinski definition) is 2. The summed E-state index contributed by atoms with van der Waals surface area (Å²) in [5.41, 5.74) is 2.02. The third-order valence-electron chi connectivity index (χ3n) is 1.50. The zero-order valence-electron chi connectivity index (χ0n) is 5.41. The van der Waals surface area contributed by atoms with Gasteiger partial charge < -0.3 is 4.90 Å². The van der Waals surface area contributed by atoms with E-state index in [1.54, 1.807) is 18.7 Å². The third-order valence-corrected chi connectivity index (χ3v) is 1.50. The highest BCUT2D eigenvalue weighted by Gasteiger charge is 2.11. The normalized spacial score (nSPS) is 21.1. The van der Waals surface area contributed by atoms with Crippen molar-refractivity contribution in [3.63, 3.8) is 0 Å². The van der Waals surface area contributed by atoms with Gasteiger partial charge in [-0.3, -0.25) is 4.98 Å². The van der Waals surface area contributed by atoms with E-state index in [9.17, 15) is 0 Å². The van der Waals surface area contributed by atoms with E-state index in [1.165, 1.54) is 0 Å². The second kappa shape index (κ2) is 1.88. The number of nitrogens with zero attached hydrogens (tertiary/aromatic N) is 2. The van der Waals surface area contributed by atoms with Gasteiger partial charge in [0.1, 0.15) is 5.69 Å². The Morgan fingerprint density at radius 3 is 3.20 bits per heavy atom. The molecule has 0 saturated carbocycles. The zero-order chi connectivity index (χ0) is 6.97. The monoisotopic (exact) mass is 133 g/mol. The van der Waals surface area contributed by atoms with Crippen LogP contribution in [0.15, 0.2) is 23.5 Å². The van der Waals surface area contributed by atoms with Crippen LogP contribution in [-0.2, 0) is 0 Å². The van der Waals surface area contributed by atoms with Crippen LogP contribution in [0, 0.1) is 7.05 Å². The minimum Gasteiger partial charge on any atom is -0.389 e. The lowest BCUT2D eigenvalue weighted by molar-refractivity contribution is -0.662. The van der Waals surface area contributed by atoms with Crippen LogP contribution in [0.1, 0.15) is 0 Å². The van der Waals surface area contributed by atoms with Crippen LogP contribution in [0.4, 0.5) is 11.4 Å². The molecule has 0 aromatic carbocycles. The molecule has 50 valence electrons. The van der Waals surface area contributed by atoms with Crippen molar-refractivity contribution in [1.82, 2.24) is 4.98 Å². The van der Waals surface area contributed by atoms with Gasteiger partial charge in [-0.05, 0) is 6.07 Å². The van der Waals surface area contributed by atoms with Gasteiger partial charge >= 0.3 is 0 Å². The van der Waals surface area contributed by atoms with Crippen LogP contribution in [0.2, 0.25) is 0 Å². The van der Waals surface area contributed by atoms with Gasteiger partial charge in [0.05, 0.1) is 6.20 Å². The van der Waals surface area contributed by atoms with Gasteiger partial charge in [0.25, 0.3) is 0 Å². The zero-order valence-corrected chi connectivity index (χ0v) is 5.41. The van der Waals surface area contributed by atoms with E-state index in [1.807, 2.05) is 6.07 Å². The number of aromatic nitrogens is 1. The highest BCUT2D eigenvalue weighted by Crippen LogP contribution is 2.20. The molecule has 3 heteroatoms. The molecule has 2 heterocycles. The lowest BCUT2D eigenvalue weighted by Gasteiger charge is -2.06. The van der Waals surface area contributed by atoms with Crippen molar-refractivity contribution in [2.24, 2.45) is 4.99 Å². The summed E-state index contributed by atoms with van der Waals surface area (Å²) in [5, 5.41) is 0. The highest BCUT2D eigenvalue weighted by molar-refractivity contribution is 5.70. The third kappa shape index (κ3) is 0.642. The Bertz CT molecular complexity index is 280. The lowest BCUT2D eigenvalue weighted by Crippen LogP contribution is -2.99. The largest absolute Gasteiger partial charge is 0.389 e. The van der Waals surface area contributed by atoms with Gasteiger partial charge in [0.2, 0.25) is 0 Å². The summed E-state index contributed by atoms with van der Waals surface area (Å²) >= 11 is 0. The fourth-order valence-electron chi connectivity index (χ4n) is 0.964. The summed E-state index contributed by atoms with van der Waals surface area (Å²) in [5.74, 6) is 0. The Morgan fingerprint density at radius 1 is 1.50 bits per heavy atom. The van der Waals surface area contributed by atoms with Gasteiger partial charge in [0, 0.05) is 6.20 Å². The quantitative estimate of drug-likeness (QED) is 0.498. The van der Waals surface area contributed by atoms with E-state index in [-0.39, 0.29) is 0 Å². The summed E-state index contributed by atoms with van der Waals surface area (Å²) in [6, 6.07) is 1.88. The van der Waals surface area contributed by atoms with Crippen LogP contribution in [0.3, 0.4) is 0 Å². The van der Waals surface area contributed by atoms with Gasteiger partial charge in [-0.25, -0.2) is 0 Å². The van der Waals surface area contributed by atoms with E-state index in [2.05, 4.69) is 17.0 Å². The molecule has 0 saturated heterocycles. The number of pyridine rings is 1. The Kier molecular flexibility index (Phi) is 1.05. The molecule has 0 aliphatic carbocycles. The van der Waals surface area contributed by atoms with E-state index >= 15 is 0 Å². The first-order valence-corrected chi connectivity index (χ1v) is 3.05. The molecule has 1 aliphatic heterocycles. The first-order chi connectivity index (χ1) is 4.88. The molecule has 1 unspecified atom stereocenters. The molecule has 1 aliphatic rings. The second-order valence-electron chi connectivity index (χ2n) is 2.18. The van der Waals surface area contributed by atoms with E-state index in [0.717, 1.165) is 16.3 Å². The molecule has 1 atom stereocenters. The Morgan fingerprint density at radius 2 is 2.40 bits per heavy atom. The maximum Gasteiger partial charge on any atom is 0.167 e. The Balaban J connectivity index is 2.59. The SMILES string of the molecule is [CH2-][NH+]1C=Nc2ccncc21. The predicted molar refractivity (Wildman–Crippen MR) is 38.4 cm³/mol. The molecule has 0 radical (unpaired) electrons. The molecule has 0 spiro atoms. The van der Waals surface area contributed by atoms with Crippen LogP contribution < -0.4 is 4.90 Å². The van der Waals surface area contributed by atoms with Crippen LogP contribution in [0.25, 0.3) is 0 Å². The smallest absolute Gasteiger partial charge is 0.167 e. The fourth-order valence-corrected chi connectivity index (χ4v) is 0.964. The number of fused-ring (bicyclic) bond motifs is 1. The minimum atomic E-state index is 0.947. The molecule has 1 N–H and O–H groups in total. The molecule has 0 bridgehead atoms. The molecular weight excluding hydrogens is 126 g/mol. The number of quaternary nitrogens is 1. The van der Waals surface area contributed by atoms with Gasteiger partial charge in [0.15, 0.2) is 12.0 Å². The number of rotatable bonds is 0. The molecule has 1 aromatic rings. The molecule has 0 fully saturated rings. The van der Waals surface area contributed by atoms with E-state index < -0.39 is 0 Å². The average Bonchev–Trinajstić information content (AvgIpc) is 2.34. The van der Waals surface area contributed by atoms with Crippen molar-refractivity contribution in [3.8, 4) is 0 Å². The van der Waals surface area contributed by atoms with Crippen molar-refractivity contribution >= 4 is 17.7 Å². The van der Waals surface area contributed by atoms with Crippen molar-refractivity contribution < 1.29 is 4.90 Å². The summed E-state index contributed by atoms with van der Waals surface area (Å²) in [7, 11) is 3.81. The summed E-state index contributed by atoms with van der Waals surface area (Å²) in [6.45, 7) is 0. The number of nitrogens with one attached hydrogen (secondary N) is 1. The Labute approximate surface area is 59.0 Å². The lowest BCUT2D eigenvalue weighted by atomic mass is 10.3. The van der Waals surface area contributed by atoms with Gasteiger partial charge in [-0.2, -0.15) is 4.99 Å². The molecular formula is C7H7N3. The minimum absolute atomic E-state index is 0.947. The van der Waals surface area contributed by atoms with Crippen molar-refractivity contribution in [2.45, 2.75) is 0 Å². The number of hydrogen-bond donors (Lipinski definition) is 1. The predicted octanol–water partition coefficient (Wildman–Crippen LogP) is 0.0630. The molecule has 2 rings (SSSR count).